The molecule has 0 saturated carbocycles. The monoisotopic (exact) mass is 322 g/mol. The highest BCUT2D eigenvalue weighted by molar-refractivity contribution is 6.31. The molecule has 1 N–H and O–H groups in total. The van der Waals surface area contributed by atoms with Crippen LogP contribution in [0.4, 0.5) is 13.2 Å². The van der Waals surface area contributed by atoms with Crippen LogP contribution in [0.1, 0.15) is 11.1 Å². The van der Waals surface area contributed by atoms with E-state index in [0.717, 1.165) is 44.9 Å². The third-order valence-electron chi connectivity index (χ3n) is 3.59. The number of hydrogen-bond donors (Lipinski definition) is 1. The number of nitrogens with zero attached hydrogens (tertiary/aromatic N) is 1. The maximum Gasteiger partial charge on any atom is 0.416 e. The molecule has 1 saturated heterocycles. The lowest BCUT2D eigenvalue weighted by Gasteiger charge is -2.27. The van der Waals surface area contributed by atoms with Gasteiger partial charge in [0.05, 0.1) is 12.7 Å². The quantitative estimate of drug-likeness (QED) is 0.922. The van der Waals surface area contributed by atoms with Gasteiger partial charge in [-0.25, -0.2) is 0 Å². The third-order valence-corrected chi connectivity index (χ3v) is 3.93. The molecule has 21 heavy (non-hydrogen) atoms. The van der Waals surface area contributed by atoms with Crippen LogP contribution >= 0.6 is 11.6 Å². The molecule has 0 aliphatic carbocycles. The molecule has 0 atom stereocenters. The molecule has 0 radical (unpaired) electrons. The van der Waals surface area contributed by atoms with Gasteiger partial charge in [-0.05, 0) is 18.6 Å². The Bertz CT molecular complexity index is 488. The summed E-state index contributed by atoms with van der Waals surface area (Å²) >= 11 is 6.03. The van der Waals surface area contributed by atoms with Crippen LogP contribution in [0.3, 0.4) is 0 Å². The standard InChI is InChI=1S/C14H18ClF3N2O/c1-21-13-9-10(14(16,17)18)8-12(15)11(13)2-5-20-6-3-19-4-7-20/h8-9,19H,2-7H2,1H3. The zero-order valence-corrected chi connectivity index (χ0v) is 12.5. The van der Waals surface area contributed by atoms with Gasteiger partial charge in [0.1, 0.15) is 5.75 Å². The Morgan fingerprint density at radius 2 is 1.95 bits per heavy atom. The van der Waals surface area contributed by atoms with Crippen molar-refractivity contribution in [2.75, 3.05) is 39.8 Å². The zero-order valence-electron chi connectivity index (χ0n) is 11.8. The van der Waals surface area contributed by atoms with Crippen LogP contribution in [0.5, 0.6) is 5.75 Å². The van der Waals surface area contributed by atoms with E-state index in [4.69, 9.17) is 16.3 Å². The number of halogens is 4. The summed E-state index contributed by atoms with van der Waals surface area (Å²) in [5.41, 5.74) is -0.152. The van der Waals surface area contributed by atoms with Gasteiger partial charge in [-0.15, -0.1) is 0 Å². The lowest BCUT2D eigenvalue weighted by Crippen LogP contribution is -2.44. The smallest absolute Gasteiger partial charge is 0.416 e. The Labute approximate surface area is 127 Å². The minimum absolute atomic E-state index is 0.108. The molecule has 0 spiro atoms. The third kappa shape index (κ3) is 4.25. The van der Waals surface area contributed by atoms with E-state index in [9.17, 15) is 13.2 Å². The number of alkyl halides is 3. The topological polar surface area (TPSA) is 24.5 Å². The van der Waals surface area contributed by atoms with Gasteiger partial charge in [-0.1, -0.05) is 11.6 Å². The molecule has 1 aliphatic heterocycles. The average molecular weight is 323 g/mol. The molecule has 0 aromatic heterocycles. The molecular formula is C14H18ClF3N2O. The Kier molecular flexibility index (Phi) is 5.35. The van der Waals surface area contributed by atoms with E-state index in [1.807, 2.05) is 0 Å². The van der Waals surface area contributed by atoms with Crippen LogP contribution < -0.4 is 10.1 Å². The van der Waals surface area contributed by atoms with Gasteiger partial charge in [0.2, 0.25) is 0 Å². The molecule has 3 nitrogen and oxygen atoms in total. The number of benzene rings is 1. The highest BCUT2D eigenvalue weighted by atomic mass is 35.5. The van der Waals surface area contributed by atoms with Gasteiger partial charge in [0.15, 0.2) is 0 Å². The van der Waals surface area contributed by atoms with Gasteiger partial charge < -0.3 is 15.0 Å². The fourth-order valence-corrected chi connectivity index (χ4v) is 2.71. The SMILES string of the molecule is COc1cc(C(F)(F)F)cc(Cl)c1CCN1CCNCC1. The van der Waals surface area contributed by atoms with E-state index < -0.39 is 11.7 Å². The van der Waals surface area contributed by atoms with E-state index in [1.54, 1.807) is 0 Å². The summed E-state index contributed by atoms with van der Waals surface area (Å²) in [6.45, 7) is 4.47. The highest BCUT2D eigenvalue weighted by Gasteiger charge is 2.32. The average Bonchev–Trinajstić information content (AvgIpc) is 2.45. The first-order valence-electron chi connectivity index (χ1n) is 6.78. The molecule has 1 aliphatic rings. The van der Waals surface area contributed by atoms with E-state index >= 15 is 0 Å². The number of rotatable bonds is 4. The van der Waals surface area contributed by atoms with Crippen molar-refractivity contribution in [3.05, 3.63) is 28.3 Å². The second-order valence-corrected chi connectivity index (χ2v) is 5.39. The van der Waals surface area contributed by atoms with E-state index in [1.165, 1.54) is 7.11 Å². The van der Waals surface area contributed by atoms with Crippen molar-refractivity contribution in [3.8, 4) is 5.75 Å². The van der Waals surface area contributed by atoms with Crippen molar-refractivity contribution in [1.29, 1.82) is 0 Å². The molecule has 0 amide bonds. The summed E-state index contributed by atoms with van der Waals surface area (Å²) in [6.07, 6.45) is -3.85. The molecule has 2 rings (SSSR count). The van der Waals surface area contributed by atoms with Gasteiger partial charge in [-0.2, -0.15) is 13.2 Å². The lowest BCUT2D eigenvalue weighted by atomic mass is 10.1. The molecule has 1 heterocycles. The predicted molar refractivity (Wildman–Crippen MR) is 76.0 cm³/mol. The van der Waals surface area contributed by atoms with Crippen LogP contribution in [-0.2, 0) is 12.6 Å². The summed E-state index contributed by atoms with van der Waals surface area (Å²) in [5, 5.41) is 3.36. The minimum Gasteiger partial charge on any atom is -0.496 e. The largest absolute Gasteiger partial charge is 0.496 e. The summed E-state index contributed by atoms with van der Waals surface area (Å²) in [6, 6.07) is 1.98. The Morgan fingerprint density at radius 3 is 2.52 bits per heavy atom. The van der Waals surface area contributed by atoms with Gasteiger partial charge in [0, 0.05) is 43.3 Å². The second kappa shape index (κ2) is 6.85. The highest BCUT2D eigenvalue weighted by Crippen LogP contribution is 2.37. The normalized spacial score (nSPS) is 17.0. The Hall–Kier alpha value is -0.980. The van der Waals surface area contributed by atoms with Gasteiger partial charge >= 0.3 is 6.18 Å². The first-order valence-corrected chi connectivity index (χ1v) is 7.16. The first-order chi connectivity index (χ1) is 9.91. The second-order valence-electron chi connectivity index (χ2n) is 4.98. The number of methoxy groups -OCH3 is 1. The Morgan fingerprint density at radius 1 is 1.29 bits per heavy atom. The predicted octanol–water partition coefficient (Wildman–Crippen LogP) is 2.82. The molecule has 1 fully saturated rings. The fraction of sp³-hybridized carbons (Fsp3) is 0.571. The van der Waals surface area contributed by atoms with Crippen molar-refractivity contribution in [1.82, 2.24) is 10.2 Å². The Balaban J connectivity index is 2.14. The van der Waals surface area contributed by atoms with Crippen molar-refractivity contribution in [2.24, 2.45) is 0 Å². The minimum atomic E-state index is -4.42. The first kappa shape index (κ1) is 16.4. The molecule has 1 aromatic rings. The van der Waals surface area contributed by atoms with Crippen molar-refractivity contribution >= 4 is 11.6 Å². The van der Waals surface area contributed by atoms with E-state index in [2.05, 4.69) is 10.2 Å². The van der Waals surface area contributed by atoms with Crippen LogP contribution in [0.15, 0.2) is 12.1 Å². The lowest BCUT2D eigenvalue weighted by molar-refractivity contribution is -0.137. The van der Waals surface area contributed by atoms with Crippen LogP contribution in [-0.4, -0.2) is 44.7 Å². The maximum absolute atomic E-state index is 12.8. The summed E-state index contributed by atoms with van der Waals surface area (Å²) in [5.74, 6) is 0.199. The van der Waals surface area contributed by atoms with Gasteiger partial charge in [0.25, 0.3) is 0 Å². The summed E-state index contributed by atoms with van der Waals surface area (Å²) in [7, 11) is 1.36. The van der Waals surface area contributed by atoms with Crippen molar-refractivity contribution in [2.45, 2.75) is 12.6 Å². The van der Waals surface area contributed by atoms with Gasteiger partial charge in [-0.3, -0.25) is 0 Å². The number of piperazine rings is 1. The molecule has 1 aromatic carbocycles. The van der Waals surface area contributed by atoms with E-state index in [-0.39, 0.29) is 10.8 Å². The van der Waals surface area contributed by atoms with Crippen molar-refractivity contribution < 1.29 is 17.9 Å². The number of nitrogens with one attached hydrogen (secondary N) is 1. The fourth-order valence-electron chi connectivity index (χ4n) is 2.40. The molecular weight excluding hydrogens is 305 g/mol. The summed E-state index contributed by atoms with van der Waals surface area (Å²) in [4.78, 5) is 2.25. The molecule has 0 unspecified atom stereocenters. The van der Waals surface area contributed by atoms with Crippen LogP contribution in [0.2, 0.25) is 5.02 Å². The molecule has 0 bridgehead atoms. The zero-order chi connectivity index (χ0) is 15.5. The summed E-state index contributed by atoms with van der Waals surface area (Å²) < 4.78 is 43.4. The number of ether oxygens (including phenoxy) is 1. The molecule has 118 valence electrons. The van der Waals surface area contributed by atoms with Crippen LogP contribution in [0, 0.1) is 0 Å². The number of hydrogen-bond acceptors (Lipinski definition) is 3. The van der Waals surface area contributed by atoms with E-state index in [0.29, 0.717) is 12.0 Å². The van der Waals surface area contributed by atoms with Crippen molar-refractivity contribution in [3.63, 3.8) is 0 Å². The molecule has 7 heteroatoms. The maximum atomic E-state index is 12.8. The van der Waals surface area contributed by atoms with Crippen LogP contribution in [0.25, 0.3) is 0 Å².